The number of halogens is 2. The normalized spacial score (nSPS) is 14.6. The number of nitrogens with zero attached hydrogens (tertiary/aromatic N) is 1. The number of hydrogen-bond donors (Lipinski definition) is 2. The van der Waals surface area contributed by atoms with Crippen molar-refractivity contribution in [1.82, 2.24) is 5.32 Å². The summed E-state index contributed by atoms with van der Waals surface area (Å²) in [5, 5.41) is 11.2. The van der Waals surface area contributed by atoms with Crippen LogP contribution in [0.4, 0.5) is 10.5 Å². The van der Waals surface area contributed by atoms with E-state index in [0.29, 0.717) is 22.8 Å². The number of nitrogens with one attached hydrogen (secondary N) is 1. The van der Waals surface area contributed by atoms with Gasteiger partial charge in [0.25, 0.3) is 11.8 Å². The molecule has 1 aromatic heterocycles. The molecule has 3 aromatic rings. The van der Waals surface area contributed by atoms with Crippen LogP contribution in [0, 0.1) is 0 Å². The van der Waals surface area contributed by atoms with E-state index in [2.05, 4.69) is 5.32 Å². The minimum absolute atomic E-state index is 0.0199. The number of benzene rings is 2. The molecule has 37 heavy (non-hydrogen) atoms. The number of carbonyl (C=O) groups is 4. The van der Waals surface area contributed by atoms with Crippen LogP contribution in [0.2, 0.25) is 10.0 Å². The van der Waals surface area contributed by atoms with Crippen molar-refractivity contribution in [3.05, 3.63) is 81.2 Å². The molecule has 0 atom stereocenters. The van der Waals surface area contributed by atoms with Gasteiger partial charge in [0.15, 0.2) is 11.5 Å². The monoisotopic (exact) mass is 544 g/mol. The zero-order valence-electron chi connectivity index (χ0n) is 19.1. The van der Waals surface area contributed by atoms with Crippen LogP contribution >= 0.6 is 23.2 Å². The number of imide groups is 2. The Kier molecular flexibility index (Phi) is 7.51. The van der Waals surface area contributed by atoms with Crippen LogP contribution in [0.5, 0.6) is 11.5 Å². The Morgan fingerprint density at radius 2 is 1.86 bits per heavy atom. The highest BCUT2D eigenvalue weighted by Gasteiger charge is 2.38. The maximum absolute atomic E-state index is 13.2. The molecular weight excluding hydrogens is 527 g/mol. The molecule has 190 valence electrons. The molecular formula is C25H18Cl2N2O8. The number of furan rings is 1. The van der Waals surface area contributed by atoms with Gasteiger partial charge in [0, 0.05) is 0 Å². The molecule has 1 aliphatic rings. The van der Waals surface area contributed by atoms with E-state index in [-0.39, 0.29) is 40.3 Å². The van der Waals surface area contributed by atoms with Crippen LogP contribution in [-0.2, 0) is 16.2 Å². The van der Waals surface area contributed by atoms with Crippen molar-refractivity contribution in [1.29, 1.82) is 0 Å². The summed E-state index contributed by atoms with van der Waals surface area (Å²) in [6.45, 7) is 1.98. The van der Waals surface area contributed by atoms with Crippen LogP contribution in [0.25, 0.3) is 6.08 Å². The van der Waals surface area contributed by atoms with Gasteiger partial charge in [-0.05, 0) is 55.0 Å². The molecule has 2 aromatic carbocycles. The minimum atomic E-state index is -1.20. The number of ether oxygens (including phenoxy) is 2. The van der Waals surface area contributed by atoms with E-state index < -0.39 is 23.8 Å². The van der Waals surface area contributed by atoms with Gasteiger partial charge >= 0.3 is 12.0 Å². The second kappa shape index (κ2) is 10.8. The third-order valence-electron chi connectivity index (χ3n) is 5.09. The van der Waals surface area contributed by atoms with Gasteiger partial charge in [0.2, 0.25) is 5.76 Å². The molecule has 0 unspecified atom stereocenters. The first-order valence-electron chi connectivity index (χ1n) is 10.8. The summed E-state index contributed by atoms with van der Waals surface area (Å²) in [5.41, 5.74) is 0.119. The van der Waals surface area contributed by atoms with Crippen molar-refractivity contribution in [2.24, 2.45) is 0 Å². The number of amides is 4. The van der Waals surface area contributed by atoms with E-state index in [1.54, 1.807) is 25.1 Å². The predicted octanol–water partition coefficient (Wildman–Crippen LogP) is 4.93. The van der Waals surface area contributed by atoms with Gasteiger partial charge in [0.1, 0.15) is 17.9 Å². The van der Waals surface area contributed by atoms with Crippen molar-refractivity contribution in [2.45, 2.75) is 13.5 Å². The lowest BCUT2D eigenvalue weighted by Gasteiger charge is -2.27. The van der Waals surface area contributed by atoms with Crippen molar-refractivity contribution >= 4 is 58.8 Å². The van der Waals surface area contributed by atoms with Crippen molar-refractivity contribution in [3.63, 3.8) is 0 Å². The zero-order valence-corrected chi connectivity index (χ0v) is 20.6. The molecule has 10 nitrogen and oxygen atoms in total. The van der Waals surface area contributed by atoms with E-state index in [4.69, 9.17) is 42.2 Å². The molecule has 0 aliphatic carbocycles. The van der Waals surface area contributed by atoms with Crippen LogP contribution in [0.15, 0.2) is 58.5 Å². The Morgan fingerprint density at radius 3 is 2.57 bits per heavy atom. The summed E-state index contributed by atoms with van der Waals surface area (Å²) in [5.74, 6) is -2.26. The Balaban J connectivity index is 1.61. The number of carboxylic acids is 1. The Morgan fingerprint density at radius 1 is 1.08 bits per heavy atom. The lowest BCUT2D eigenvalue weighted by molar-refractivity contribution is -0.122. The lowest BCUT2D eigenvalue weighted by atomic mass is 10.1. The fourth-order valence-electron chi connectivity index (χ4n) is 3.43. The molecule has 2 N–H and O–H groups in total. The Labute approximate surface area is 220 Å². The van der Waals surface area contributed by atoms with E-state index >= 15 is 0 Å². The van der Waals surface area contributed by atoms with Gasteiger partial charge in [-0.3, -0.25) is 14.9 Å². The largest absolute Gasteiger partial charge is 0.490 e. The van der Waals surface area contributed by atoms with E-state index in [1.165, 1.54) is 36.4 Å². The van der Waals surface area contributed by atoms with Crippen molar-refractivity contribution in [3.8, 4) is 11.5 Å². The number of carboxylic acid groups (broad SMARTS) is 1. The Bertz CT molecular complexity index is 1450. The fourth-order valence-corrected chi connectivity index (χ4v) is 3.81. The molecule has 2 heterocycles. The number of anilines is 1. The maximum atomic E-state index is 13.2. The highest BCUT2D eigenvalue weighted by atomic mass is 35.5. The summed E-state index contributed by atoms with van der Waals surface area (Å²) < 4.78 is 16.5. The summed E-state index contributed by atoms with van der Waals surface area (Å²) in [6.07, 6.45) is 1.30. The van der Waals surface area contributed by atoms with E-state index in [0.717, 1.165) is 4.90 Å². The van der Waals surface area contributed by atoms with Crippen LogP contribution in [0.3, 0.4) is 0 Å². The van der Waals surface area contributed by atoms with Gasteiger partial charge < -0.3 is 19.0 Å². The second-order valence-electron chi connectivity index (χ2n) is 7.53. The average Bonchev–Trinajstić information content (AvgIpc) is 3.33. The fraction of sp³-hybridized carbons (Fsp3) is 0.120. The summed E-state index contributed by atoms with van der Waals surface area (Å²) in [6, 6.07) is 11.0. The third kappa shape index (κ3) is 5.45. The molecule has 0 saturated carbocycles. The summed E-state index contributed by atoms with van der Waals surface area (Å²) in [7, 11) is 0. The quantitative estimate of drug-likeness (QED) is 0.301. The predicted molar refractivity (Wildman–Crippen MR) is 133 cm³/mol. The molecule has 0 bridgehead atoms. The van der Waals surface area contributed by atoms with Gasteiger partial charge in [-0.15, -0.1) is 0 Å². The highest BCUT2D eigenvalue weighted by Crippen LogP contribution is 2.35. The number of urea groups is 1. The standard InChI is InChI=1S/C25H18Cl2N2O8/c1-2-35-20-11-13(6-8-18(20)36-12-14-7-9-19(37-14)24(32)33)10-15-22(30)28-25(34)29(23(15)31)17-5-3-4-16(26)21(17)27/h3-11H,2,12H2,1H3,(H,32,33)(H,28,30,34). The third-order valence-corrected chi connectivity index (χ3v) is 5.90. The lowest BCUT2D eigenvalue weighted by Crippen LogP contribution is -2.54. The molecule has 4 rings (SSSR count). The smallest absolute Gasteiger partial charge is 0.371 e. The van der Waals surface area contributed by atoms with Gasteiger partial charge in [-0.1, -0.05) is 35.3 Å². The molecule has 1 fully saturated rings. The average molecular weight is 545 g/mol. The number of hydrogen-bond acceptors (Lipinski definition) is 7. The molecule has 1 saturated heterocycles. The first-order chi connectivity index (χ1) is 17.7. The topological polar surface area (TPSA) is 135 Å². The number of carbonyl (C=O) groups excluding carboxylic acids is 3. The van der Waals surface area contributed by atoms with Crippen LogP contribution in [0.1, 0.15) is 28.8 Å². The molecule has 1 aliphatic heterocycles. The van der Waals surface area contributed by atoms with Gasteiger partial charge in [-0.25, -0.2) is 14.5 Å². The van der Waals surface area contributed by atoms with E-state index in [1.807, 2.05) is 0 Å². The zero-order chi connectivity index (χ0) is 26.7. The molecule has 4 amide bonds. The molecule has 12 heteroatoms. The van der Waals surface area contributed by atoms with Crippen LogP contribution in [-0.4, -0.2) is 35.5 Å². The number of barbiturate groups is 1. The van der Waals surface area contributed by atoms with E-state index in [9.17, 15) is 19.2 Å². The molecule has 0 radical (unpaired) electrons. The second-order valence-corrected chi connectivity index (χ2v) is 8.31. The van der Waals surface area contributed by atoms with Crippen molar-refractivity contribution in [2.75, 3.05) is 11.5 Å². The molecule has 0 spiro atoms. The minimum Gasteiger partial charge on any atom is -0.490 e. The first-order valence-corrected chi connectivity index (χ1v) is 11.5. The SMILES string of the molecule is CCOc1cc(C=C2C(=O)NC(=O)N(c3cccc(Cl)c3Cl)C2=O)ccc1OCc1ccc(C(=O)O)o1. The first kappa shape index (κ1) is 25.8. The maximum Gasteiger partial charge on any atom is 0.371 e. The van der Waals surface area contributed by atoms with Crippen molar-refractivity contribution < 1.29 is 38.2 Å². The van der Waals surface area contributed by atoms with Gasteiger partial charge in [-0.2, -0.15) is 0 Å². The van der Waals surface area contributed by atoms with Crippen LogP contribution < -0.4 is 19.7 Å². The summed E-state index contributed by atoms with van der Waals surface area (Å²) >= 11 is 12.2. The van der Waals surface area contributed by atoms with Gasteiger partial charge in [0.05, 0.1) is 22.3 Å². The summed E-state index contributed by atoms with van der Waals surface area (Å²) in [4.78, 5) is 49.9. The highest BCUT2D eigenvalue weighted by molar-refractivity contribution is 6.46. The Hall–Kier alpha value is -4.28. The number of rotatable bonds is 8. The number of aromatic carboxylic acids is 1.